The SMILES string of the molecule is CCC(Sc1cc(C)c2cc(C)cc(C)c2n1)C(=O)Nc1nc(-c2ccc(C)cc2)cs1. The van der Waals surface area contributed by atoms with Crippen LogP contribution in [0.3, 0.4) is 0 Å². The normalized spacial score (nSPS) is 12.2. The third-order valence-electron chi connectivity index (χ3n) is 5.44. The van der Waals surface area contributed by atoms with Gasteiger partial charge in [0.25, 0.3) is 0 Å². The maximum Gasteiger partial charge on any atom is 0.239 e. The lowest BCUT2D eigenvalue weighted by Gasteiger charge is -2.15. The first-order valence-electron chi connectivity index (χ1n) is 10.7. The van der Waals surface area contributed by atoms with E-state index in [0.29, 0.717) is 11.6 Å². The number of fused-ring (bicyclic) bond motifs is 1. The number of nitrogens with one attached hydrogen (secondary N) is 1. The summed E-state index contributed by atoms with van der Waals surface area (Å²) in [6, 6.07) is 14.7. The number of benzene rings is 2. The molecule has 0 saturated heterocycles. The third-order valence-corrected chi connectivity index (χ3v) is 7.48. The lowest BCUT2D eigenvalue weighted by molar-refractivity contribution is -0.115. The Bertz CT molecular complexity index is 1280. The number of carbonyl (C=O) groups is 1. The van der Waals surface area contributed by atoms with Crippen LogP contribution >= 0.6 is 23.1 Å². The number of pyridine rings is 1. The van der Waals surface area contributed by atoms with Crippen molar-refractivity contribution in [3.63, 3.8) is 0 Å². The van der Waals surface area contributed by atoms with E-state index in [-0.39, 0.29) is 11.2 Å². The molecule has 6 heteroatoms. The maximum atomic E-state index is 13.0. The van der Waals surface area contributed by atoms with Crippen molar-refractivity contribution in [2.75, 3.05) is 5.32 Å². The average Bonchev–Trinajstić information content (AvgIpc) is 3.21. The molecule has 32 heavy (non-hydrogen) atoms. The van der Waals surface area contributed by atoms with Gasteiger partial charge in [0.05, 0.1) is 21.5 Å². The van der Waals surface area contributed by atoms with Crippen LogP contribution in [-0.2, 0) is 4.79 Å². The molecular formula is C26H27N3OS2. The van der Waals surface area contributed by atoms with E-state index in [2.05, 4.69) is 80.5 Å². The molecule has 0 bridgehead atoms. The number of nitrogens with zero attached hydrogens (tertiary/aromatic N) is 2. The zero-order chi connectivity index (χ0) is 22.8. The van der Waals surface area contributed by atoms with Gasteiger partial charge in [-0.15, -0.1) is 11.3 Å². The van der Waals surface area contributed by atoms with Gasteiger partial charge < -0.3 is 5.32 Å². The molecule has 1 unspecified atom stereocenters. The van der Waals surface area contributed by atoms with E-state index in [4.69, 9.17) is 4.98 Å². The Hall–Kier alpha value is -2.70. The summed E-state index contributed by atoms with van der Waals surface area (Å²) in [6.07, 6.45) is 0.707. The molecule has 2 heterocycles. The first-order chi connectivity index (χ1) is 15.3. The van der Waals surface area contributed by atoms with Crippen molar-refractivity contribution in [1.82, 2.24) is 9.97 Å². The quantitative estimate of drug-likeness (QED) is 0.311. The molecule has 0 aliphatic rings. The lowest BCUT2D eigenvalue weighted by atomic mass is 10.0. The Labute approximate surface area is 197 Å². The van der Waals surface area contributed by atoms with Crippen LogP contribution in [0.1, 0.15) is 35.6 Å². The predicted molar refractivity (Wildman–Crippen MR) is 137 cm³/mol. The van der Waals surface area contributed by atoms with Gasteiger partial charge in [-0.2, -0.15) is 0 Å². The highest BCUT2D eigenvalue weighted by atomic mass is 32.2. The number of thiazole rings is 1. The molecule has 4 rings (SSSR count). The minimum Gasteiger partial charge on any atom is -0.301 e. The van der Waals surface area contributed by atoms with Crippen molar-refractivity contribution >= 4 is 45.0 Å². The van der Waals surface area contributed by atoms with Gasteiger partial charge >= 0.3 is 0 Å². The molecule has 4 nitrogen and oxygen atoms in total. The monoisotopic (exact) mass is 461 g/mol. The largest absolute Gasteiger partial charge is 0.301 e. The zero-order valence-corrected chi connectivity index (χ0v) is 20.7. The minimum atomic E-state index is -0.239. The molecule has 1 amide bonds. The van der Waals surface area contributed by atoms with E-state index in [1.165, 1.54) is 45.2 Å². The van der Waals surface area contributed by atoms with Crippen LogP contribution in [0.5, 0.6) is 0 Å². The molecule has 0 aliphatic heterocycles. The van der Waals surface area contributed by atoms with Gasteiger partial charge in [-0.25, -0.2) is 9.97 Å². The fourth-order valence-electron chi connectivity index (χ4n) is 3.72. The van der Waals surface area contributed by atoms with E-state index in [0.717, 1.165) is 27.4 Å². The van der Waals surface area contributed by atoms with Crippen molar-refractivity contribution in [1.29, 1.82) is 0 Å². The Balaban J connectivity index is 1.51. The van der Waals surface area contributed by atoms with Crippen molar-refractivity contribution < 1.29 is 4.79 Å². The highest BCUT2D eigenvalue weighted by Crippen LogP contribution is 2.31. The number of rotatable bonds is 6. The van der Waals surface area contributed by atoms with Crippen LogP contribution in [0.25, 0.3) is 22.2 Å². The molecular weight excluding hydrogens is 434 g/mol. The predicted octanol–water partition coefficient (Wildman–Crippen LogP) is 7.10. The van der Waals surface area contributed by atoms with Crippen molar-refractivity contribution in [2.24, 2.45) is 0 Å². The number of hydrogen-bond donors (Lipinski definition) is 1. The standard InChI is InChI=1S/C26H27N3OS2/c1-6-22(32-23-13-17(4)20-12-16(3)11-18(5)24(20)28-23)25(30)29-26-27-21(14-31-26)19-9-7-15(2)8-10-19/h7-14,22H,6H2,1-5H3,(H,27,29,30). The Morgan fingerprint density at radius 1 is 1.00 bits per heavy atom. The highest BCUT2D eigenvalue weighted by Gasteiger charge is 2.21. The van der Waals surface area contributed by atoms with E-state index in [9.17, 15) is 4.79 Å². The molecule has 0 aliphatic carbocycles. The summed E-state index contributed by atoms with van der Waals surface area (Å²) in [5.74, 6) is -0.0394. The number of carbonyl (C=O) groups excluding carboxylic acids is 1. The van der Waals surface area contributed by atoms with Gasteiger partial charge in [0.1, 0.15) is 0 Å². The van der Waals surface area contributed by atoms with Gasteiger partial charge in [0.15, 0.2) is 5.13 Å². The number of amides is 1. The summed E-state index contributed by atoms with van der Waals surface area (Å²) in [6.45, 7) is 10.4. The van der Waals surface area contributed by atoms with Crippen LogP contribution in [0, 0.1) is 27.7 Å². The van der Waals surface area contributed by atoms with E-state index in [1.807, 2.05) is 12.3 Å². The second-order valence-electron chi connectivity index (χ2n) is 8.16. The maximum absolute atomic E-state index is 13.0. The summed E-state index contributed by atoms with van der Waals surface area (Å²) in [5.41, 5.74) is 7.73. The molecule has 0 radical (unpaired) electrons. The Kier molecular flexibility index (Phi) is 6.63. The van der Waals surface area contributed by atoms with Gasteiger partial charge in [-0.05, 0) is 57.4 Å². The van der Waals surface area contributed by atoms with Crippen LogP contribution < -0.4 is 5.32 Å². The average molecular weight is 462 g/mol. The Morgan fingerprint density at radius 3 is 2.47 bits per heavy atom. The van der Waals surface area contributed by atoms with E-state index < -0.39 is 0 Å². The van der Waals surface area contributed by atoms with Gasteiger partial charge in [-0.1, -0.05) is 60.1 Å². The highest BCUT2D eigenvalue weighted by molar-refractivity contribution is 8.00. The number of hydrogen-bond acceptors (Lipinski definition) is 5. The molecule has 0 saturated carbocycles. The van der Waals surface area contributed by atoms with Gasteiger partial charge in [0.2, 0.25) is 5.91 Å². The van der Waals surface area contributed by atoms with Gasteiger partial charge in [0, 0.05) is 16.3 Å². The van der Waals surface area contributed by atoms with Gasteiger partial charge in [-0.3, -0.25) is 4.79 Å². The van der Waals surface area contributed by atoms with Crippen molar-refractivity contribution in [3.05, 3.63) is 70.1 Å². The first-order valence-corrected chi connectivity index (χ1v) is 12.5. The number of anilines is 1. The number of aromatic nitrogens is 2. The minimum absolute atomic E-state index is 0.0394. The first kappa shape index (κ1) is 22.5. The van der Waals surface area contributed by atoms with Crippen LogP contribution in [-0.4, -0.2) is 21.1 Å². The third kappa shape index (κ3) is 4.87. The summed E-state index contributed by atoms with van der Waals surface area (Å²) < 4.78 is 0. The number of aryl methyl sites for hydroxylation is 4. The Morgan fingerprint density at radius 2 is 1.75 bits per heavy atom. The van der Waals surface area contributed by atoms with Crippen molar-refractivity contribution in [2.45, 2.75) is 51.3 Å². The van der Waals surface area contributed by atoms with E-state index >= 15 is 0 Å². The molecule has 2 aromatic heterocycles. The van der Waals surface area contributed by atoms with Crippen molar-refractivity contribution in [3.8, 4) is 11.3 Å². The summed E-state index contributed by atoms with van der Waals surface area (Å²) in [5, 5.41) is 7.42. The molecule has 0 spiro atoms. The summed E-state index contributed by atoms with van der Waals surface area (Å²) in [7, 11) is 0. The lowest BCUT2D eigenvalue weighted by Crippen LogP contribution is -2.24. The summed E-state index contributed by atoms with van der Waals surface area (Å²) >= 11 is 2.97. The molecule has 1 N–H and O–H groups in total. The zero-order valence-electron chi connectivity index (χ0n) is 19.0. The molecule has 164 valence electrons. The smallest absolute Gasteiger partial charge is 0.239 e. The van der Waals surface area contributed by atoms with E-state index in [1.54, 1.807) is 0 Å². The molecule has 0 fully saturated rings. The topological polar surface area (TPSA) is 54.9 Å². The van der Waals surface area contributed by atoms with Crippen LogP contribution in [0.4, 0.5) is 5.13 Å². The molecule has 2 aromatic carbocycles. The van der Waals surface area contributed by atoms with Crippen LogP contribution in [0.15, 0.2) is 52.9 Å². The van der Waals surface area contributed by atoms with Crippen LogP contribution in [0.2, 0.25) is 0 Å². The second-order valence-corrected chi connectivity index (χ2v) is 10.2. The fraction of sp³-hybridized carbons (Fsp3) is 0.269. The number of thioether (sulfide) groups is 1. The second kappa shape index (κ2) is 9.43. The molecule has 4 aromatic rings. The molecule has 1 atom stereocenters. The fourth-order valence-corrected chi connectivity index (χ4v) is 5.45. The summed E-state index contributed by atoms with van der Waals surface area (Å²) in [4.78, 5) is 22.5.